The minimum atomic E-state index is -1.12. The third-order valence-electron chi connectivity index (χ3n) is 5.77. The van der Waals surface area contributed by atoms with E-state index < -0.39 is 34.4 Å². The Labute approximate surface area is 205 Å². The smallest absolute Gasteiger partial charge is 0.337 e. The zero-order chi connectivity index (χ0) is 26.0. The summed E-state index contributed by atoms with van der Waals surface area (Å²) < 4.78 is 10.2. The number of carbonyl (C=O) groups is 3. The number of Topliss-reactive ketones (excluding diaryl/α,β-unsaturated/α-hetero) is 1. The second-order valence-corrected chi connectivity index (χ2v) is 7.76. The molecule has 1 aliphatic heterocycles. The molecule has 1 amide bonds. The number of carbonyl (C=O) groups excluding carboxylic acids is 3. The number of aliphatic hydroxyl groups is 1. The second-order valence-electron chi connectivity index (χ2n) is 7.76. The summed E-state index contributed by atoms with van der Waals surface area (Å²) in [4.78, 5) is 50.2. The van der Waals surface area contributed by atoms with E-state index in [0.29, 0.717) is 11.3 Å². The van der Waals surface area contributed by atoms with Gasteiger partial charge < -0.3 is 14.6 Å². The van der Waals surface area contributed by atoms with Gasteiger partial charge in [0, 0.05) is 28.9 Å². The van der Waals surface area contributed by atoms with Gasteiger partial charge in [-0.15, -0.1) is 0 Å². The maximum atomic E-state index is 13.3. The summed E-state index contributed by atoms with van der Waals surface area (Å²) >= 11 is 0. The maximum Gasteiger partial charge on any atom is 0.337 e. The lowest BCUT2D eigenvalue weighted by atomic mass is 9.94. The molecule has 0 spiro atoms. The van der Waals surface area contributed by atoms with E-state index >= 15 is 0 Å². The predicted molar refractivity (Wildman–Crippen MR) is 129 cm³/mol. The fourth-order valence-corrected chi connectivity index (χ4v) is 4.08. The Morgan fingerprint density at radius 1 is 0.972 bits per heavy atom. The number of esters is 1. The largest absolute Gasteiger partial charge is 0.507 e. The lowest BCUT2D eigenvalue weighted by Gasteiger charge is -2.26. The van der Waals surface area contributed by atoms with Crippen molar-refractivity contribution in [3.05, 3.63) is 105 Å². The van der Waals surface area contributed by atoms with Gasteiger partial charge in [0.2, 0.25) is 0 Å². The lowest BCUT2D eigenvalue weighted by Crippen LogP contribution is -2.29. The normalized spacial score (nSPS) is 16.6. The number of ketones is 1. The third kappa shape index (κ3) is 4.16. The van der Waals surface area contributed by atoms with Crippen LogP contribution in [-0.2, 0) is 14.3 Å². The SMILES string of the molecule is COC(=O)c1ccc(N2C(=O)C(=O)/C(=C(/O)c3cccc([N+](=O)[O-])c3)C2c2ccccc2OC)cc1. The van der Waals surface area contributed by atoms with Crippen molar-refractivity contribution >= 4 is 34.8 Å². The number of non-ortho nitro benzene ring substituents is 1. The number of nitrogens with zero attached hydrogens (tertiary/aromatic N) is 2. The van der Waals surface area contributed by atoms with Crippen LogP contribution < -0.4 is 9.64 Å². The van der Waals surface area contributed by atoms with Gasteiger partial charge in [-0.1, -0.05) is 30.3 Å². The zero-order valence-electron chi connectivity index (χ0n) is 19.2. The van der Waals surface area contributed by atoms with Crippen LogP contribution in [0.15, 0.2) is 78.4 Å². The molecule has 3 aromatic rings. The van der Waals surface area contributed by atoms with Crippen LogP contribution in [0.2, 0.25) is 0 Å². The van der Waals surface area contributed by atoms with Crippen molar-refractivity contribution in [3.8, 4) is 5.75 Å². The molecule has 1 aliphatic rings. The summed E-state index contributed by atoms with van der Waals surface area (Å²) in [5, 5.41) is 22.4. The number of para-hydroxylation sites is 1. The summed E-state index contributed by atoms with van der Waals surface area (Å²) in [5.74, 6) is -2.70. The molecule has 1 atom stereocenters. The van der Waals surface area contributed by atoms with Gasteiger partial charge in [0.25, 0.3) is 17.4 Å². The monoisotopic (exact) mass is 488 g/mol. The van der Waals surface area contributed by atoms with E-state index in [9.17, 15) is 29.6 Å². The number of hydrogen-bond donors (Lipinski definition) is 1. The summed E-state index contributed by atoms with van der Waals surface area (Å²) in [5.41, 5.74) is 0.371. The first kappa shape index (κ1) is 24.1. The zero-order valence-corrected chi connectivity index (χ0v) is 19.2. The van der Waals surface area contributed by atoms with Crippen molar-refractivity contribution in [2.24, 2.45) is 0 Å². The molecule has 1 N–H and O–H groups in total. The van der Waals surface area contributed by atoms with Crippen LogP contribution in [0.1, 0.15) is 27.5 Å². The Bertz CT molecular complexity index is 1410. The van der Waals surface area contributed by atoms with Gasteiger partial charge in [0.1, 0.15) is 11.5 Å². The van der Waals surface area contributed by atoms with E-state index in [2.05, 4.69) is 0 Å². The summed E-state index contributed by atoms with van der Waals surface area (Å²) in [7, 11) is 2.67. The number of anilines is 1. The van der Waals surface area contributed by atoms with E-state index in [1.54, 1.807) is 24.3 Å². The van der Waals surface area contributed by atoms with Crippen molar-refractivity contribution in [2.75, 3.05) is 19.1 Å². The van der Waals surface area contributed by atoms with E-state index in [1.165, 1.54) is 61.6 Å². The average molecular weight is 488 g/mol. The molecule has 36 heavy (non-hydrogen) atoms. The molecule has 0 saturated carbocycles. The van der Waals surface area contributed by atoms with Crippen LogP contribution in [0.25, 0.3) is 5.76 Å². The molecule has 0 aromatic heterocycles. The maximum absolute atomic E-state index is 13.3. The molecule has 1 fully saturated rings. The van der Waals surface area contributed by atoms with Gasteiger partial charge in [-0.25, -0.2) is 4.79 Å². The number of methoxy groups -OCH3 is 2. The van der Waals surface area contributed by atoms with Crippen LogP contribution in [0.3, 0.4) is 0 Å². The van der Waals surface area contributed by atoms with Crippen LogP contribution >= 0.6 is 0 Å². The standard InChI is InChI=1S/C26H20N2O8/c1-35-20-9-4-3-8-19(20)22-21(23(29)16-6-5-7-18(14-16)28(33)34)24(30)25(31)27(22)17-12-10-15(11-13-17)26(32)36-2/h3-14,22,29H,1-2H3/b23-21+. The van der Waals surface area contributed by atoms with Gasteiger partial charge in [-0.3, -0.25) is 24.6 Å². The highest BCUT2D eigenvalue weighted by molar-refractivity contribution is 6.51. The number of hydrogen-bond acceptors (Lipinski definition) is 8. The van der Waals surface area contributed by atoms with Crippen LogP contribution in [0, 0.1) is 10.1 Å². The van der Waals surface area contributed by atoms with Crippen LogP contribution in [0.4, 0.5) is 11.4 Å². The number of aliphatic hydroxyl groups excluding tert-OH is 1. The molecular weight excluding hydrogens is 468 g/mol. The van der Waals surface area contributed by atoms with Gasteiger partial charge >= 0.3 is 5.97 Å². The van der Waals surface area contributed by atoms with Crippen molar-refractivity contribution in [1.29, 1.82) is 0 Å². The first-order valence-electron chi connectivity index (χ1n) is 10.7. The molecular formula is C26H20N2O8. The Balaban J connectivity index is 1.94. The lowest BCUT2D eigenvalue weighted by molar-refractivity contribution is -0.384. The quantitative estimate of drug-likeness (QED) is 0.137. The number of nitro groups is 1. The molecule has 0 aliphatic carbocycles. The Kier molecular flexibility index (Phi) is 6.51. The van der Waals surface area contributed by atoms with Gasteiger partial charge in [0.05, 0.1) is 36.3 Å². The molecule has 1 unspecified atom stereocenters. The number of amides is 1. The minimum absolute atomic E-state index is 0.00290. The number of benzene rings is 3. The van der Waals surface area contributed by atoms with Crippen molar-refractivity contribution in [3.63, 3.8) is 0 Å². The highest BCUT2D eigenvalue weighted by Gasteiger charge is 2.48. The molecule has 1 heterocycles. The molecule has 4 rings (SSSR count). The highest BCUT2D eigenvalue weighted by atomic mass is 16.6. The molecule has 10 heteroatoms. The predicted octanol–water partition coefficient (Wildman–Crippen LogP) is 4.02. The van der Waals surface area contributed by atoms with E-state index in [1.807, 2.05) is 0 Å². The Hall–Kier alpha value is -4.99. The molecule has 0 radical (unpaired) electrons. The van der Waals surface area contributed by atoms with Crippen LogP contribution in [-0.4, -0.2) is 41.9 Å². The first-order chi connectivity index (χ1) is 17.3. The second kappa shape index (κ2) is 9.71. The topological polar surface area (TPSA) is 136 Å². The first-order valence-corrected chi connectivity index (χ1v) is 10.7. The van der Waals surface area contributed by atoms with Crippen LogP contribution in [0.5, 0.6) is 5.75 Å². The molecule has 10 nitrogen and oxygen atoms in total. The molecule has 0 bridgehead atoms. The van der Waals surface area contributed by atoms with E-state index in [4.69, 9.17) is 9.47 Å². The summed E-state index contributed by atoms with van der Waals surface area (Å²) in [6, 6.07) is 16.5. The van der Waals surface area contributed by atoms with Gasteiger partial charge in [0.15, 0.2) is 0 Å². The third-order valence-corrected chi connectivity index (χ3v) is 5.77. The Morgan fingerprint density at radius 2 is 1.67 bits per heavy atom. The van der Waals surface area contributed by atoms with E-state index in [0.717, 1.165) is 6.07 Å². The molecule has 3 aromatic carbocycles. The Morgan fingerprint density at radius 3 is 2.31 bits per heavy atom. The average Bonchev–Trinajstić information content (AvgIpc) is 3.17. The highest BCUT2D eigenvalue weighted by Crippen LogP contribution is 2.45. The van der Waals surface area contributed by atoms with Crippen molar-refractivity contribution in [2.45, 2.75) is 6.04 Å². The number of ether oxygens (including phenoxy) is 2. The summed E-state index contributed by atoms with van der Waals surface area (Å²) in [6.45, 7) is 0. The summed E-state index contributed by atoms with van der Waals surface area (Å²) in [6.07, 6.45) is 0. The minimum Gasteiger partial charge on any atom is -0.507 e. The number of rotatable bonds is 6. The fourth-order valence-electron chi connectivity index (χ4n) is 4.08. The van der Waals surface area contributed by atoms with Gasteiger partial charge in [-0.05, 0) is 30.3 Å². The molecule has 182 valence electrons. The molecule has 1 saturated heterocycles. The van der Waals surface area contributed by atoms with Gasteiger partial charge in [-0.2, -0.15) is 0 Å². The van der Waals surface area contributed by atoms with Crippen molar-refractivity contribution < 1.29 is 33.9 Å². The fraction of sp³-hybridized carbons (Fsp3) is 0.115. The van der Waals surface area contributed by atoms with Crippen molar-refractivity contribution in [1.82, 2.24) is 0 Å². The number of nitro benzene ring substituents is 1. The van der Waals surface area contributed by atoms with E-state index in [-0.39, 0.29) is 28.1 Å².